The van der Waals surface area contributed by atoms with Gasteiger partial charge in [-0.15, -0.1) is 0 Å². The van der Waals surface area contributed by atoms with Crippen LogP contribution in [-0.4, -0.2) is 34.3 Å². The van der Waals surface area contributed by atoms with Gasteiger partial charge in [0.25, 0.3) is 5.91 Å². The van der Waals surface area contributed by atoms with Gasteiger partial charge in [-0.1, -0.05) is 41.7 Å². The summed E-state index contributed by atoms with van der Waals surface area (Å²) in [5, 5.41) is 5.57. The molecule has 2 N–H and O–H groups in total. The van der Waals surface area contributed by atoms with Crippen molar-refractivity contribution < 1.29 is 23.5 Å². The molecule has 3 aromatic carbocycles. The molecule has 4 aromatic rings. The van der Waals surface area contributed by atoms with Crippen LogP contribution < -0.4 is 15.4 Å². The lowest BCUT2D eigenvalue weighted by Crippen LogP contribution is -2.42. The van der Waals surface area contributed by atoms with Crippen molar-refractivity contribution in [2.45, 2.75) is 12.5 Å². The minimum atomic E-state index is -1.39. The molecule has 1 unspecified atom stereocenters. The number of nitrogens with one attached hydrogen (secondary N) is 2. The molecule has 0 bridgehead atoms. The molecule has 1 atom stereocenters. The van der Waals surface area contributed by atoms with E-state index >= 15 is 0 Å². The van der Waals surface area contributed by atoms with Gasteiger partial charge in [0.2, 0.25) is 5.91 Å². The molecule has 4 amide bonds. The van der Waals surface area contributed by atoms with Gasteiger partial charge < -0.3 is 15.4 Å². The summed E-state index contributed by atoms with van der Waals surface area (Å²) < 4.78 is 19.9. The third kappa shape index (κ3) is 4.43. The molecule has 1 aliphatic rings. The van der Waals surface area contributed by atoms with Crippen LogP contribution in [0.2, 0.25) is 0 Å². The van der Waals surface area contributed by atoms with Gasteiger partial charge in [-0.2, -0.15) is 0 Å². The first-order chi connectivity index (χ1) is 16.8. The van der Waals surface area contributed by atoms with Crippen molar-refractivity contribution in [1.82, 2.24) is 15.2 Å². The van der Waals surface area contributed by atoms with E-state index in [1.807, 2.05) is 36.4 Å². The third-order valence-corrected chi connectivity index (χ3v) is 6.52. The highest BCUT2D eigenvalue weighted by molar-refractivity contribution is 7.22. The Kier molecular flexibility index (Phi) is 5.65. The highest BCUT2D eigenvalue weighted by Gasteiger charge is 2.49. The molecule has 35 heavy (non-hydrogen) atoms. The molecular formula is C25H19FN4O4S. The van der Waals surface area contributed by atoms with Gasteiger partial charge in [0.05, 0.1) is 10.2 Å². The fourth-order valence-electron chi connectivity index (χ4n) is 3.77. The van der Waals surface area contributed by atoms with E-state index < -0.39 is 35.7 Å². The number of urea groups is 1. The maximum absolute atomic E-state index is 13.3. The first-order valence-corrected chi connectivity index (χ1v) is 11.5. The van der Waals surface area contributed by atoms with Crippen molar-refractivity contribution in [2.24, 2.45) is 0 Å². The summed E-state index contributed by atoms with van der Waals surface area (Å²) in [7, 11) is 0. The van der Waals surface area contributed by atoms with Crippen molar-refractivity contribution in [3.63, 3.8) is 0 Å². The fourth-order valence-corrected chi connectivity index (χ4v) is 4.68. The smallest absolute Gasteiger partial charge is 0.325 e. The minimum Gasteiger partial charge on any atom is -0.457 e. The first kappa shape index (κ1) is 22.5. The number of hydrogen-bond donors (Lipinski definition) is 2. The predicted octanol–water partition coefficient (Wildman–Crippen LogP) is 4.63. The summed E-state index contributed by atoms with van der Waals surface area (Å²) in [6, 6.07) is 19.3. The Bertz CT molecular complexity index is 1440. The molecule has 1 fully saturated rings. The van der Waals surface area contributed by atoms with Crippen LogP contribution in [0.1, 0.15) is 12.5 Å². The Hall–Kier alpha value is -4.31. The van der Waals surface area contributed by atoms with Gasteiger partial charge in [0.15, 0.2) is 5.13 Å². The number of fused-ring (bicyclic) bond motifs is 1. The van der Waals surface area contributed by atoms with Crippen LogP contribution in [0.3, 0.4) is 0 Å². The normalized spacial score (nSPS) is 17.5. The van der Waals surface area contributed by atoms with Gasteiger partial charge in [-0.05, 0) is 48.9 Å². The molecule has 10 heteroatoms. The average molecular weight is 491 g/mol. The second-order valence-electron chi connectivity index (χ2n) is 8.07. The number of nitrogens with zero attached hydrogens (tertiary/aromatic N) is 2. The molecule has 1 saturated heterocycles. The molecule has 0 saturated carbocycles. The Morgan fingerprint density at radius 2 is 1.83 bits per heavy atom. The van der Waals surface area contributed by atoms with Gasteiger partial charge in [-0.25, -0.2) is 14.2 Å². The summed E-state index contributed by atoms with van der Waals surface area (Å²) in [5.74, 6) is -0.302. The Balaban J connectivity index is 1.27. The lowest BCUT2D eigenvalue weighted by molar-refractivity contribution is -0.133. The minimum absolute atomic E-state index is 0.329. The number of anilines is 1. The van der Waals surface area contributed by atoms with E-state index in [4.69, 9.17) is 4.74 Å². The van der Waals surface area contributed by atoms with E-state index in [0.29, 0.717) is 27.7 Å². The van der Waals surface area contributed by atoms with Crippen LogP contribution in [0.5, 0.6) is 11.5 Å². The third-order valence-electron chi connectivity index (χ3n) is 5.58. The van der Waals surface area contributed by atoms with Gasteiger partial charge in [0.1, 0.15) is 29.4 Å². The zero-order valence-electron chi connectivity index (χ0n) is 18.4. The number of thiazole rings is 1. The number of ether oxygens (including phenoxy) is 1. The molecule has 2 heterocycles. The van der Waals surface area contributed by atoms with Crippen LogP contribution >= 0.6 is 11.3 Å². The van der Waals surface area contributed by atoms with E-state index in [2.05, 4.69) is 15.6 Å². The number of hydrogen-bond acceptors (Lipinski definition) is 6. The standard InChI is InChI=1S/C25H19FN4O4S/c1-25(15-7-9-16(26)10-8-15)22(32)30(24(33)29-25)14-21(31)28-23-27-19-12-11-18(13-20(19)35-23)34-17-5-3-2-4-6-17/h2-13H,14H2,1H3,(H,29,33)(H,27,28,31). The second kappa shape index (κ2) is 8.80. The van der Waals surface area contributed by atoms with Gasteiger partial charge in [0, 0.05) is 6.07 Å². The van der Waals surface area contributed by atoms with Gasteiger partial charge in [-0.3, -0.25) is 14.5 Å². The quantitative estimate of drug-likeness (QED) is 0.384. The summed E-state index contributed by atoms with van der Waals surface area (Å²) >= 11 is 1.25. The van der Waals surface area contributed by atoms with E-state index in [1.54, 1.807) is 12.1 Å². The molecule has 1 aliphatic heterocycles. The Labute approximate surface area is 203 Å². The molecule has 0 aliphatic carbocycles. The largest absolute Gasteiger partial charge is 0.457 e. The molecule has 8 nitrogen and oxygen atoms in total. The van der Waals surface area contributed by atoms with Crippen LogP contribution in [0.25, 0.3) is 10.2 Å². The van der Waals surface area contributed by atoms with E-state index in [1.165, 1.54) is 42.5 Å². The van der Waals surface area contributed by atoms with E-state index in [-0.39, 0.29) is 0 Å². The summed E-state index contributed by atoms with van der Waals surface area (Å²) in [6.45, 7) is 1.03. The number of para-hydroxylation sites is 1. The van der Waals surface area contributed by atoms with E-state index in [0.717, 1.165) is 9.60 Å². The second-order valence-corrected chi connectivity index (χ2v) is 9.10. The predicted molar refractivity (Wildman–Crippen MR) is 129 cm³/mol. The van der Waals surface area contributed by atoms with Crippen molar-refractivity contribution >= 4 is 44.5 Å². The lowest BCUT2D eigenvalue weighted by atomic mass is 9.92. The fraction of sp³-hybridized carbons (Fsp3) is 0.120. The van der Waals surface area contributed by atoms with Crippen molar-refractivity contribution in [1.29, 1.82) is 0 Å². The molecule has 5 rings (SSSR count). The number of imide groups is 1. The van der Waals surface area contributed by atoms with Crippen LogP contribution in [-0.2, 0) is 15.1 Å². The molecular weight excluding hydrogens is 471 g/mol. The van der Waals surface area contributed by atoms with Crippen LogP contribution in [0.15, 0.2) is 72.8 Å². The average Bonchev–Trinajstić information content (AvgIpc) is 3.33. The Morgan fingerprint density at radius 1 is 1.09 bits per heavy atom. The van der Waals surface area contributed by atoms with Crippen molar-refractivity contribution in [3.8, 4) is 11.5 Å². The molecule has 1 aromatic heterocycles. The van der Waals surface area contributed by atoms with Gasteiger partial charge >= 0.3 is 6.03 Å². The number of aromatic nitrogens is 1. The lowest BCUT2D eigenvalue weighted by Gasteiger charge is -2.22. The number of carbonyl (C=O) groups is 3. The summed E-state index contributed by atoms with van der Waals surface area (Å²) in [6.07, 6.45) is 0. The maximum atomic E-state index is 13.3. The highest BCUT2D eigenvalue weighted by Crippen LogP contribution is 2.32. The zero-order valence-corrected chi connectivity index (χ0v) is 19.3. The number of carbonyl (C=O) groups excluding carboxylic acids is 3. The summed E-state index contributed by atoms with van der Waals surface area (Å²) in [4.78, 5) is 43.3. The van der Waals surface area contributed by atoms with Crippen LogP contribution in [0.4, 0.5) is 14.3 Å². The Morgan fingerprint density at radius 3 is 2.57 bits per heavy atom. The SMILES string of the molecule is CC1(c2ccc(F)cc2)NC(=O)N(CC(=O)Nc2nc3ccc(Oc4ccccc4)cc3s2)C1=O. The highest BCUT2D eigenvalue weighted by atomic mass is 32.1. The van der Waals surface area contributed by atoms with Crippen molar-refractivity contribution in [2.75, 3.05) is 11.9 Å². The molecule has 0 radical (unpaired) electrons. The molecule has 176 valence electrons. The first-order valence-electron chi connectivity index (χ1n) is 10.7. The number of amides is 4. The number of benzene rings is 3. The number of rotatable bonds is 6. The monoisotopic (exact) mass is 490 g/mol. The summed E-state index contributed by atoms with van der Waals surface area (Å²) in [5.41, 5.74) is -0.305. The zero-order chi connectivity index (χ0) is 24.6. The number of halogens is 1. The molecule has 0 spiro atoms. The topological polar surface area (TPSA) is 101 Å². The van der Waals surface area contributed by atoms with Crippen LogP contribution in [0, 0.1) is 5.82 Å². The van der Waals surface area contributed by atoms with Crippen molar-refractivity contribution in [3.05, 3.63) is 84.2 Å². The van der Waals surface area contributed by atoms with E-state index in [9.17, 15) is 18.8 Å². The maximum Gasteiger partial charge on any atom is 0.325 e.